The highest BCUT2D eigenvalue weighted by atomic mass is 16.5. The number of ether oxygens (including phenoxy) is 2. The van der Waals surface area contributed by atoms with Crippen LogP contribution < -0.4 is 11.1 Å². The molecule has 126 valence electrons. The van der Waals surface area contributed by atoms with Crippen LogP contribution in [0, 0.1) is 5.92 Å². The second kappa shape index (κ2) is 8.31. The van der Waals surface area contributed by atoms with E-state index in [1.54, 1.807) is 0 Å². The van der Waals surface area contributed by atoms with Crippen molar-refractivity contribution < 1.29 is 9.47 Å². The lowest BCUT2D eigenvalue weighted by Gasteiger charge is -2.09. The van der Waals surface area contributed by atoms with Gasteiger partial charge in [0.05, 0.1) is 13.2 Å². The third-order valence-electron chi connectivity index (χ3n) is 4.48. The number of aliphatic imine (C=N–C) groups is 1. The highest BCUT2D eigenvalue weighted by molar-refractivity contribution is 5.92. The number of hydrogen-bond acceptors (Lipinski definition) is 3. The summed E-state index contributed by atoms with van der Waals surface area (Å²) in [5, 5.41) is 3.18. The van der Waals surface area contributed by atoms with Crippen molar-refractivity contribution in [3.05, 3.63) is 29.3 Å². The summed E-state index contributed by atoms with van der Waals surface area (Å²) in [7, 11) is 0. The number of anilines is 1. The van der Waals surface area contributed by atoms with Crippen LogP contribution in [0.15, 0.2) is 23.2 Å². The Morgan fingerprint density at radius 2 is 2.26 bits per heavy atom. The van der Waals surface area contributed by atoms with Gasteiger partial charge in [0.2, 0.25) is 0 Å². The summed E-state index contributed by atoms with van der Waals surface area (Å²) >= 11 is 0. The number of rotatable bonds is 7. The van der Waals surface area contributed by atoms with E-state index in [-0.39, 0.29) is 0 Å². The van der Waals surface area contributed by atoms with Gasteiger partial charge in [0.25, 0.3) is 0 Å². The Kier molecular flexibility index (Phi) is 5.88. The molecule has 0 spiro atoms. The molecule has 3 rings (SSSR count). The minimum absolute atomic E-state index is 0.479. The molecule has 0 aromatic heterocycles. The first-order chi connectivity index (χ1) is 11.3. The molecule has 1 aromatic carbocycles. The van der Waals surface area contributed by atoms with Crippen LogP contribution in [0.1, 0.15) is 30.4 Å². The third kappa shape index (κ3) is 4.94. The van der Waals surface area contributed by atoms with Gasteiger partial charge in [-0.3, -0.25) is 4.99 Å². The molecule has 1 aliphatic heterocycles. The highest BCUT2D eigenvalue weighted by Gasteiger charge is 2.15. The predicted octanol–water partition coefficient (Wildman–Crippen LogP) is 2.35. The summed E-state index contributed by atoms with van der Waals surface area (Å²) in [6.07, 6.45) is 5.64. The molecule has 3 N–H and O–H groups in total. The molecule has 5 heteroatoms. The lowest BCUT2D eigenvalue weighted by atomic mass is 10.1. The van der Waals surface area contributed by atoms with Crippen molar-refractivity contribution in [2.24, 2.45) is 16.6 Å². The Hall–Kier alpha value is -1.59. The Bertz CT molecular complexity index is 539. The molecule has 0 saturated carbocycles. The van der Waals surface area contributed by atoms with Crippen molar-refractivity contribution >= 4 is 11.6 Å². The lowest BCUT2D eigenvalue weighted by molar-refractivity contribution is 0.0893. The van der Waals surface area contributed by atoms with E-state index in [9.17, 15) is 0 Å². The van der Waals surface area contributed by atoms with Crippen LogP contribution in [0.3, 0.4) is 0 Å². The van der Waals surface area contributed by atoms with Gasteiger partial charge in [-0.25, -0.2) is 0 Å². The van der Waals surface area contributed by atoms with Gasteiger partial charge in [-0.15, -0.1) is 0 Å². The van der Waals surface area contributed by atoms with Crippen molar-refractivity contribution in [2.45, 2.75) is 32.1 Å². The molecular weight excluding hydrogens is 290 g/mol. The first-order valence-electron chi connectivity index (χ1n) is 8.65. The molecule has 5 nitrogen and oxygen atoms in total. The van der Waals surface area contributed by atoms with Crippen molar-refractivity contribution in [1.82, 2.24) is 0 Å². The molecule has 23 heavy (non-hydrogen) atoms. The molecule has 0 bridgehead atoms. The molecule has 1 aliphatic carbocycles. The van der Waals surface area contributed by atoms with E-state index in [0.717, 1.165) is 45.0 Å². The van der Waals surface area contributed by atoms with Gasteiger partial charge in [-0.2, -0.15) is 0 Å². The minimum atomic E-state index is 0.479. The van der Waals surface area contributed by atoms with Gasteiger partial charge in [0, 0.05) is 31.4 Å². The zero-order valence-electron chi connectivity index (χ0n) is 13.7. The summed E-state index contributed by atoms with van der Waals surface area (Å²) < 4.78 is 11.0. The van der Waals surface area contributed by atoms with E-state index < -0.39 is 0 Å². The maximum absolute atomic E-state index is 5.95. The van der Waals surface area contributed by atoms with Crippen LogP contribution in [-0.2, 0) is 22.3 Å². The standard InChI is InChI=1S/C18H27N3O2/c19-18(20-8-2-9-22-12-14-7-10-23-13-14)21-17-6-5-15-3-1-4-16(15)11-17/h5-6,11,14H,1-4,7-10,12-13H2,(H3,19,20,21). The summed E-state index contributed by atoms with van der Waals surface area (Å²) in [5.41, 5.74) is 9.88. The van der Waals surface area contributed by atoms with E-state index in [1.165, 1.54) is 30.4 Å². The van der Waals surface area contributed by atoms with Crippen LogP contribution in [0.4, 0.5) is 5.69 Å². The quantitative estimate of drug-likeness (QED) is 0.460. The molecular formula is C18H27N3O2. The molecule has 2 aliphatic rings. The highest BCUT2D eigenvalue weighted by Crippen LogP contribution is 2.24. The molecule has 1 fully saturated rings. The van der Waals surface area contributed by atoms with Crippen molar-refractivity contribution in [2.75, 3.05) is 38.3 Å². The fraction of sp³-hybridized carbons (Fsp3) is 0.611. The topological polar surface area (TPSA) is 68.9 Å². The second-order valence-electron chi connectivity index (χ2n) is 6.39. The van der Waals surface area contributed by atoms with Crippen LogP contribution in [0.25, 0.3) is 0 Å². The van der Waals surface area contributed by atoms with E-state index in [0.29, 0.717) is 18.4 Å². The van der Waals surface area contributed by atoms with Crippen LogP contribution in [0.5, 0.6) is 0 Å². The lowest BCUT2D eigenvalue weighted by Crippen LogP contribution is -2.23. The van der Waals surface area contributed by atoms with Crippen molar-refractivity contribution in [1.29, 1.82) is 0 Å². The number of nitrogens with zero attached hydrogens (tertiary/aromatic N) is 1. The Balaban J connectivity index is 1.33. The molecule has 1 unspecified atom stereocenters. The van der Waals surface area contributed by atoms with E-state index in [1.807, 2.05) is 0 Å². The zero-order chi connectivity index (χ0) is 15.9. The Morgan fingerprint density at radius 1 is 1.35 bits per heavy atom. The number of hydrogen-bond donors (Lipinski definition) is 2. The van der Waals surface area contributed by atoms with Gasteiger partial charge >= 0.3 is 0 Å². The van der Waals surface area contributed by atoms with Gasteiger partial charge < -0.3 is 20.5 Å². The number of fused-ring (bicyclic) bond motifs is 1. The molecule has 1 atom stereocenters. The fourth-order valence-electron chi connectivity index (χ4n) is 3.17. The van der Waals surface area contributed by atoms with Gasteiger partial charge in [0.1, 0.15) is 0 Å². The van der Waals surface area contributed by atoms with Crippen molar-refractivity contribution in [3.8, 4) is 0 Å². The summed E-state index contributed by atoms with van der Waals surface area (Å²) in [6, 6.07) is 6.47. The fourth-order valence-corrected chi connectivity index (χ4v) is 3.17. The molecule has 1 saturated heterocycles. The Labute approximate surface area is 138 Å². The second-order valence-corrected chi connectivity index (χ2v) is 6.39. The smallest absolute Gasteiger partial charge is 0.193 e. The van der Waals surface area contributed by atoms with Gasteiger partial charge in [-0.1, -0.05) is 6.07 Å². The summed E-state index contributed by atoms with van der Waals surface area (Å²) in [5.74, 6) is 1.05. The van der Waals surface area contributed by atoms with Gasteiger partial charge in [-0.05, 0) is 55.4 Å². The van der Waals surface area contributed by atoms with E-state index in [4.69, 9.17) is 15.2 Å². The SMILES string of the molecule is NC(=NCCCOCC1CCOC1)Nc1ccc2c(c1)CCC2. The molecule has 1 heterocycles. The maximum atomic E-state index is 5.95. The predicted molar refractivity (Wildman–Crippen MR) is 92.9 cm³/mol. The van der Waals surface area contributed by atoms with Crippen LogP contribution in [0.2, 0.25) is 0 Å². The number of benzene rings is 1. The van der Waals surface area contributed by atoms with E-state index >= 15 is 0 Å². The largest absolute Gasteiger partial charge is 0.381 e. The summed E-state index contributed by atoms with van der Waals surface area (Å²) in [6.45, 7) is 3.93. The Morgan fingerprint density at radius 3 is 3.13 bits per heavy atom. The number of guanidine groups is 1. The van der Waals surface area contributed by atoms with Crippen molar-refractivity contribution in [3.63, 3.8) is 0 Å². The number of nitrogens with one attached hydrogen (secondary N) is 1. The monoisotopic (exact) mass is 317 g/mol. The third-order valence-corrected chi connectivity index (χ3v) is 4.48. The first-order valence-corrected chi connectivity index (χ1v) is 8.65. The van der Waals surface area contributed by atoms with E-state index in [2.05, 4.69) is 28.5 Å². The molecule has 0 radical (unpaired) electrons. The van der Waals surface area contributed by atoms with Gasteiger partial charge in [0.15, 0.2) is 5.96 Å². The van der Waals surface area contributed by atoms with Crippen LogP contribution >= 0.6 is 0 Å². The zero-order valence-corrected chi connectivity index (χ0v) is 13.7. The average Bonchev–Trinajstić information content (AvgIpc) is 3.21. The average molecular weight is 317 g/mol. The van der Waals surface area contributed by atoms with Crippen LogP contribution in [-0.4, -0.2) is 38.9 Å². The normalized spacial score (nSPS) is 20.7. The molecule has 0 amide bonds. The first kappa shape index (κ1) is 16.3. The summed E-state index contributed by atoms with van der Waals surface area (Å²) in [4.78, 5) is 4.36. The minimum Gasteiger partial charge on any atom is -0.381 e. The maximum Gasteiger partial charge on any atom is 0.193 e. The number of aryl methyl sites for hydroxylation is 2. The molecule has 1 aromatic rings. The number of nitrogens with two attached hydrogens (primary N) is 1.